The molecule has 0 saturated carbocycles. The molecule has 0 amide bonds. The second-order valence-corrected chi connectivity index (χ2v) is 4.86. The van der Waals surface area contributed by atoms with E-state index < -0.39 is 5.60 Å². The summed E-state index contributed by atoms with van der Waals surface area (Å²) >= 11 is 0.769. The van der Waals surface area contributed by atoms with Crippen molar-refractivity contribution in [3.05, 3.63) is 12.7 Å². The molecule has 0 saturated heterocycles. The fraction of sp³-hybridized carbons (Fsp3) is 0.800. The SMILES string of the molecule is C=CC(C)(C)C(C)(O)C(C)CSO. The zero-order valence-corrected chi connectivity index (χ0v) is 9.69. The van der Waals surface area contributed by atoms with Crippen LogP contribution < -0.4 is 0 Å². The third kappa shape index (κ3) is 2.73. The van der Waals surface area contributed by atoms with Gasteiger partial charge in [-0.25, -0.2) is 0 Å². The molecule has 0 radical (unpaired) electrons. The number of rotatable bonds is 5. The van der Waals surface area contributed by atoms with E-state index in [1.165, 1.54) is 0 Å². The van der Waals surface area contributed by atoms with Crippen LogP contribution in [0.3, 0.4) is 0 Å². The minimum atomic E-state index is -0.843. The van der Waals surface area contributed by atoms with E-state index in [0.29, 0.717) is 5.75 Å². The van der Waals surface area contributed by atoms with Crippen molar-refractivity contribution < 1.29 is 9.66 Å². The molecule has 3 heteroatoms. The first kappa shape index (κ1) is 13.0. The van der Waals surface area contributed by atoms with E-state index in [2.05, 4.69) is 6.58 Å². The lowest BCUT2D eigenvalue weighted by Crippen LogP contribution is -2.47. The first-order valence-electron chi connectivity index (χ1n) is 4.42. The third-order valence-corrected chi connectivity index (χ3v) is 3.75. The summed E-state index contributed by atoms with van der Waals surface area (Å²) in [5, 5.41) is 10.2. The number of hydrogen-bond donors (Lipinski definition) is 2. The molecular weight excluding hydrogens is 184 g/mol. The Balaban J connectivity index is 4.62. The van der Waals surface area contributed by atoms with Crippen LogP contribution in [0.2, 0.25) is 0 Å². The number of hydrogen-bond acceptors (Lipinski definition) is 3. The zero-order valence-electron chi connectivity index (χ0n) is 8.87. The highest BCUT2D eigenvalue weighted by molar-refractivity contribution is 7.93. The minimum absolute atomic E-state index is 0.0236. The normalized spacial score (nSPS) is 19.2. The molecule has 0 aromatic rings. The lowest BCUT2D eigenvalue weighted by atomic mass is 9.70. The molecule has 0 aromatic carbocycles. The van der Waals surface area contributed by atoms with Gasteiger partial charge in [0.25, 0.3) is 0 Å². The Kier molecular flexibility index (Phi) is 4.49. The summed E-state index contributed by atoms with van der Waals surface area (Å²) in [6.07, 6.45) is 1.76. The second kappa shape index (κ2) is 4.49. The molecule has 0 spiro atoms. The number of aliphatic hydroxyl groups is 1. The Labute approximate surface area is 85.3 Å². The van der Waals surface area contributed by atoms with Crippen LogP contribution in [0.4, 0.5) is 0 Å². The van der Waals surface area contributed by atoms with Crippen LogP contribution in [-0.4, -0.2) is 21.0 Å². The standard InChI is InChI=1S/C10H20O2S/c1-6-9(3,4)10(5,11)8(2)7-13-12/h6,8,11-12H,1,7H2,2-5H3. The quantitative estimate of drug-likeness (QED) is 0.534. The Morgan fingerprint density at radius 2 is 1.92 bits per heavy atom. The van der Waals surface area contributed by atoms with Crippen molar-refractivity contribution in [1.29, 1.82) is 0 Å². The maximum atomic E-state index is 10.2. The van der Waals surface area contributed by atoms with Crippen LogP contribution in [0.15, 0.2) is 12.7 Å². The first-order chi connectivity index (χ1) is 5.79. The van der Waals surface area contributed by atoms with E-state index in [-0.39, 0.29) is 11.3 Å². The summed E-state index contributed by atoms with van der Waals surface area (Å²) in [6, 6.07) is 0. The van der Waals surface area contributed by atoms with Crippen molar-refractivity contribution in [1.82, 2.24) is 0 Å². The van der Waals surface area contributed by atoms with Gasteiger partial charge in [-0.05, 0) is 24.9 Å². The highest BCUT2D eigenvalue weighted by atomic mass is 32.2. The van der Waals surface area contributed by atoms with Crippen LogP contribution in [0.1, 0.15) is 27.7 Å². The van der Waals surface area contributed by atoms with Crippen molar-refractivity contribution in [3.8, 4) is 0 Å². The average molecular weight is 204 g/mol. The minimum Gasteiger partial charge on any atom is -0.389 e. The molecule has 2 nitrogen and oxygen atoms in total. The van der Waals surface area contributed by atoms with E-state index in [1.54, 1.807) is 13.0 Å². The van der Waals surface area contributed by atoms with Crippen molar-refractivity contribution in [2.75, 3.05) is 5.75 Å². The largest absolute Gasteiger partial charge is 0.389 e. The van der Waals surface area contributed by atoms with Crippen molar-refractivity contribution >= 4 is 12.0 Å². The van der Waals surface area contributed by atoms with Gasteiger partial charge >= 0.3 is 0 Å². The van der Waals surface area contributed by atoms with E-state index in [1.807, 2.05) is 20.8 Å². The molecule has 13 heavy (non-hydrogen) atoms. The van der Waals surface area contributed by atoms with Gasteiger partial charge in [-0.1, -0.05) is 26.8 Å². The van der Waals surface area contributed by atoms with Crippen molar-refractivity contribution in [2.24, 2.45) is 11.3 Å². The van der Waals surface area contributed by atoms with Gasteiger partial charge in [0, 0.05) is 11.2 Å². The summed E-state index contributed by atoms with van der Waals surface area (Å²) in [5.74, 6) is 0.556. The molecule has 0 rings (SSSR count). The fourth-order valence-electron chi connectivity index (χ4n) is 1.12. The van der Waals surface area contributed by atoms with Gasteiger partial charge < -0.3 is 9.66 Å². The molecule has 0 aliphatic carbocycles. The average Bonchev–Trinajstić information content (AvgIpc) is 2.04. The molecule has 0 aromatic heterocycles. The predicted octanol–water partition coefficient (Wildman–Crippen LogP) is 2.79. The molecule has 0 heterocycles. The van der Waals surface area contributed by atoms with Gasteiger partial charge in [0.15, 0.2) is 0 Å². The van der Waals surface area contributed by atoms with E-state index in [4.69, 9.17) is 4.55 Å². The van der Waals surface area contributed by atoms with Crippen LogP contribution in [0, 0.1) is 11.3 Å². The zero-order chi connectivity index (χ0) is 10.7. The van der Waals surface area contributed by atoms with Gasteiger partial charge in [-0.2, -0.15) is 0 Å². The summed E-state index contributed by atoms with van der Waals surface area (Å²) in [5.41, 5.74) is -1.19. The Hall–Kier alpha value is 0.01000. The van der Waals surface area contributed by atoms with Crippen molar-refractivity contribution in [2.45, 2.75) is 33.3 Å². The first-order valence-corrected chi connectivity index (χ1v) is 5.36. The third-order valence-electron chi connectivity index (χ3n) is 3.10. The molecule has 0 aliphatic rings. The fourth-order valence-corrected chi connectivity index (χ4v) is 1.66. The summed E-state index contributed by atoms with van der Waals surface area (Å²) in [4.78, 5) is 0. The molecule has 0 bridgehead atoms. The molecular formula is C10H20O2S. The van der Waals surface area contributed by atoms with Crippen LogP contribution in [0.25, 0.3) is 0 Å². The van der Waals surface area contributed by atoms with E-state index in [0.717, 1.165) is 12.0 Å². The van der Waals surface area contributed by atoms with E-state index >= 15 is 0 Å². The smallest absolute Gasteiger partial charge is 0.0738 e. The molecule has 0 fully saturated rings. The highest BCUT2D eigenvalue weighted by Crippen LogP contribution is 2.38. The van der Waals surface area contributed by atoms with Crippen LogP contribution in [0.5, 0.6) is 0 Å². The van der Waals surface area contributed by atoms with E-state index in [9.17, 15) is 5.11 Å². The maximum Gasteiger partial charge on any atom is 0.0738 e. The van der Waals surface area contributed by atoms with Gasteiger partial charge in [-0.15, -0.1) is 6.58 Å². The molecule has 78 valence electrons. The summed E-state index contributed by atoms with van der Waals surface area (Å²) < 4.78 is 8.72. The van der Waals surface area contributed by atoms with Gasteiger partial charge in [0.1, 0.15) is 0 Å². The highest BCUT2D eigenvalue weighted by Gasteiger charge is 2.41. The summed E-state index contributed by atoms with van der Waals surface area (Å²) in [6.45, 7) is 11.3. The summed E-state index contributed by atoms with van der Waals surface area (Å²) in [7, 11) is 0. The Bertz CT molecular complexity index is 176. The molecule has 2 atom stereocenters. The topological polar surface area (TPSA) is 40.5 Å². The Morgan fingerprint density at radius 3 is 2.23 bits per heavy atom. The predicted molar refractivity (Wildman–Crippen MR) is 58.9 cm³/mol. The lowest BCUT2D eigenvalue weighted by Gasteiger charge is -2.42. The molecule has 2 N–H and O–H groups in total. The van der Waals surface area contributed by atoms with Gasteiger partial charge in [0.05, 0.1) is 5.60 Å². The Morgan fingerprint density at radius 1 is 1.46 bits per heavy atom. The maximum absolute atomic E-state index is 10.2. The molecule has 2 unspecified atom stereocenters. The van der Waals surface area contributed by atoms with Crippen LogP contribution in [-0.2, 0) is 0 Å². The van der Waals surface area contributed by atoms with Crippen molar-refractivity contribution in [3.63, 3.8) is 0 Å². The van der Waals surface area contributed by atoms with Gasteiger partial charge in [0.2, 0.25) is 0 Å². The monoisotopic (exact) mass is 204 g/mol. The lowest BCUT2D eigenvalue weighted by molar-refractivity contribution is -0.0626. The van der Waals surface area contributed by atoms with Gasteiger partial charge in [-0.3, -0.25) is 0 Å². The second-order valence-electron chi connectivity index (χ2n) is 4.27. The molecule has 0 aliphatic heterocycles. The van der Waals surface area contributed by atoms with Crippen LogP contribution >= 0.6 is 12.0 Å².